The fraction of sp³-hybridized carbons (Fsp3) is 0.217. The summed E-state index contributed by atoms with van der Waals surface area (Å²) in [5, 5.41) is 15.8. The minimum atomic E-state index is -0.399. The number of unbranched alkanes of at least 4 members (excludes halogenated alkanes) is 1. The highest BCUT2D eigenvalue weighted by Gasteiger charge is 2.05. The molecule has 0 saturated heterocycles. The predicted molar refractivity (Wildman–Crippen MR) is 114 cm³/mol. The third-order valence-corrected chi connectivity index (χ3v) is 4.29. The number of amides is 1. The molecule has 0 unspecified atom stereocenters. The molecule has 0 spiro atoms. The van der Waals surface area contributed by atoms with E-state index in [0.717, 1.165) is 29.4 Å². The molecule has 3 rings (SSSR count). The van der Waals surface area contributed by atoms with E-state index in [1.54, 1.807) is 18.2 Å². The summed E-state index contributed by atoms with van der Waals surface area (Å²) < 4.78 is 11.0. The molecule has 29 heavy (non-hydrogen) atoms. The second-order valence-electron chi connectivity index (χ2n) is 6.47. The maximum absolute atomic E-state index is 12.0. The van der Waals surface area contributed by atoms with Crippen LogP contribution < -0.4 is 14.9 Å². The van der Waals surface area contributed by atoms with Crippen LogP contribution in [0.1, 0.15) is 25.3 Å². The number of carbonyl (C=O) groups excluding carboxylic acids is 1. The summed E-state index contributed by atoms with van der Waals surface area (Å²) >= 11 is 0. The number of ether oxygens (including phenoxy) is 2. The van der Waals surface area contributed by atoms with Gasteiger partial charge in [0.05, 0.1) is 12.8 Å². The summed E-state index contributed by atoms with van der Waals surface area (Å²) in [4.78, 5) is 12.0. The molecule has 0 bridgehead atoms. The highest BCUT2D eigenvalue weighted by Crippen LogP contribution is 2.25. The Hall–Kier alpha value is -3.54. The third-order valence-electron chi connectivity index (χ3n) is 4.29. The molecule has 1 amide bonds. The van der Waals surface area contributed by atoms with E-state index < -0.39 is 5.91 Å². The molecular weight excluding hydrogens is 368 g/mol. The molecular formula is C23H24N2O4. The molecule has 3 aromatic rings. The van der Waals surface area contributed by atoms with Crippen molar-refractivity contribution in [1.82, 2.24) is 5.43 Å². The molecule has 0 radical (unpaired) electrons. The van der Waals surface area contributed by atoms with Crippen LogP contribution in [0, 0.1) is 0 Å². The van der Waals surface area contributed by atoms with Gasteiger partial charge in [0.25, 0.3) is 5.91 Å². The van der Waals surface area contributed by atoms with Crippen LogP contribution in [-0.4, -0.2) is 30.4 Å². The smallest absolute Gasteiger partial charge is 0.277 e. The topological polar surface area (TPSA) is 80.2 Å². The second-order valence-corrected chi connectivity index (χ2v) is 6.47. The Morgan fingerprint density at radius 2 is 1.76 bits per heavy atom. The van der Waals surface area contributed by atoms with Gasteiger partial charge >= 0.3 is 0 Å². The first-order chi connectivity index (χ1) is 14.2. The highest BCUT2D eigenvalue weighted by atomic mass is 16.5. The van der Waals surface area contributed by atoms with Crippen molar-refractivity contribution in [3.8, 4) is 17.2 Å². The summed E-state index contributed by atoms with van der Waals surface area (Å²) in [7, 11) is 0. The zero-order chi connectivity index (χ0) is 20.5. The van der Waals surface area contributed by atoms with Crippen molar-refractivity contribution in [1.29, 1.82) is 0 Å². The normalized spacial score (nSPS) is 10.9. The molecule has 0 aliphatic carbocycles. The van der Waals surface area contributed by atoms with E-state index in [1.807, 2.05) is 42.5 Å². The van der Waals surface area contributed by atoms with Gasteiger partial charge in [-0.15, -0.1) is 0 Å². The molecule has 0 atom stereocenters. The number of phenols is 1. The number of nitrogens with one attached hydrogen (secondary N) is 1. The lowest BCUT2D eigenvalue weighted by atomic mass is 10.0. The van der Waals surface area contributed by atoms with Gasteiger partial charge in [-0.25, -0.2) is 5.43 Å². The molecule has 6 heteroatoms. The van der Waals surface area contributed by atoms with Crippen LogP contribution in [-0.2, 0) is 4.79 Å². The Kier molecular flexibility index (Phi) is 7.05. The van der Waals surface area contributed by atoms with E-state index in [-0.39, 0.29) is 12.4 Å². The predicted octanol–water partition coefficient (Wildman–Crippen LogP) is 4.25. The second kappa shape index (κ2) is 10.1. The first kappa shape index (κ1) is 20.2. The van der Waals surface area contributed by atoms with E-state index in [1.165, 1.54) is 6.21 Å². The van der Waals surface area contributed by atoms with Gasteiger partial charge in [-0.1, -0.05) is 43.7 Å². The number of rotatable bonds is 9. The van der Waals surface area contributed by atoms with E-state index in [4.69, 9.17) is 9.47 Å². The molecule has 0 aromatic heterocycles. The SMILES string of the molecule is CCCCOc1ccc(OCC(=O)N/N=C\c2c(O)ccc3ccccc23)cc1. The number of hydrogen-bond acceptors (Lipinski definition) is 5. The van der Waals surface area contributed by atoms with Gasteiger partial charge in [-0.2, -0.15) is 5.10 Å². The van der Waals surface area contributed by atoms with Crippen LogP contribution in [0.25, 0.3) is 10.8 Å². The Balaban J connectivity index is 1.51. The fourth-order valence-electron chi connectivity index (χ4n) is 2.74. The Morgan fingerprint density at radius 3 is 2.52 bits per heavy atom. The van der Waals surface area contributed by atoms with Crippen molar-refractivity contribution < 1.29 is 19.4 Å². The average Bonchev–Trinajstić information content (AvgIpc) is 2.75. The Labute approximate surface area is 169 Å². The molecule has 0 fully saturated rings. The quantitative estimate of drug-likeness (QED) is 0.324. The van der Waals surface area contributed by atoms with Crippen molar-refractivity contribution in [3.63, 3.8) is 0 Å². The highest BCUT2D eigenvalue weighted by molar-refractivity contribution is 6.02. The Morgan fingerprint density at radius 1 is 1.03 bits per heavy atom. The molecule has 0 aliphatic heterocycles. The van der Waals surface area contributed by atoms with E-state index >= 15 is 0 Å². The summed E-state index contributed by atoms with van der Waals surface area (Å²) in [6.07, 6.45) is 3.52. The van der Waals surface area contributed by atoms with Crippen molar-refractivity contribution >= 4 is 22.9 Å². The number of nitrogens with zero attached hydrogens (tertiary/aromatic N) is 1. The number of hydrogen-bond donors (Lipinski definition) is 2. The molecule has 6 nitrogen and oxygen atoms in total. The number of phenolic OH excluding ortho intramolecular Hbond substituents is 1. The minimum absolute atomic E-state index is 0.0965. The molecule has 2 N–H and O–H groups in total. The number of aromatic hydroxyl groups is 1. The number of fused-ring (bicyclic) bond motifs is 1. The third kappa shape index (κ3) is 5.72. The van der Waals surface area contributed by atoms with Crippen LogP contribution in [0.2, 0.25) is 0 Å². The largest absolute Gasteiger partial charge is 0.507 e. The fourth-order valence-corrected chi connectivity index (χ4v) is 2.74. The van der Waals surface area contributed by atoms with Crippen molar-refractivity contribution in [3.05, 3.63) is 66.2 Å². The lowest BCUT2D eigenvalue weighted by molar-refractivity contribution is -0.123. The van der Waals surface area contributed by atoms with E-state index in [2.05, 4.69) is 17.5 Å². The van der Waals surface area contributed by atoms with Crippen molar-refractivity contribution in [2.45, 2.75) is 19.8 Å². The summed E-state index contributed by atoms with van der Waals surface area (Å²) in [6, 6.07) is 18.2. The zero-order valence-electron chi connectivity index (χ0n) is 16.3. The molecule has 150 valence electrons. The van der Waals surface area contributed by atoms with Crippen LogP contribution in [0.5, 0.6) is 17.2 Å². The van der Waals surface area contributed by atoms with Gasteiger partial charge in [0.2, 0.25) is 0 Å². The maximum atomic E-state index is 12.0. The lowest BCUT2D eigenvalue weighted by Gasteiger charge is -2.08. The first-order valence-electron chi connectivity index (χ1n) is 9.55. The minimum Gasteiger partial charge on any atom is -0.507 e. The summed E-state index contributed by atoms with van der Waals surface area (Å²) in [6.45, 7) is 2.62. The number of benzene rings is 3. The average molecular weight is 392 g/mol. The zero-order valence-corrected chi connectivity index (χ0v) is 16.3. The summed E-state index contributed by atoms with van der Waals surface area (Å²) in [5.74, 6) is 1.04. The molecule has 3 aromatic carbocycles. The van der Waals surface area contributed by atoms with Gasteiger partial charge in [0.15, 0.2) is 6.61 Å². The number of hydrazone groups is 1. The monoisotopic (exact) mass is 392 g/mol. The first-order valence-corrected chi connectivity index (χ1v) is 9.55. The van der Waals surface area contributed by atoms with Gasteiger partial charge in [-0.3, -0.25) is 4.79 Å². The van der Waals surface area contributed by atoms with Gasteiger partial charge < -0.3 is 14.6 Å². The van der Waals surface area contributed by atoms with E-state index in [9.17, 15) is 9.90 Å². The van der Waals surface area contributed by atoms with Crippen molar-refractivity contribution in [2.24, 2.45) is 5.10 Å². The van der Waals surface area contributed by atoms with Crippen LogP contribution in [0.15, 0.2) is 65.8 Å². The van der Waals surface area contributed by atoms with Crippen LogP contribution in [0.3, 0.4) is 0 Å². The molecule has 0 heterocycles. The van der Waals surface area contributed by atoms with Gasteiger partial charge in [0, 0.05) is 5.56 Å². The molecule has 0 saturated carbocycles. The summed E-state index contributed by atoms with van der Waals surface area (Å²) in [5.41, 5.74) is 2.95. The number of carbonyl (C=O) groups is 1. The van der Waals surface area contributed by atoms with Crippen molar-refractivity contribution in [2.75, 3.05) is 13.2 Å². The maximum Gasteiger partial charge on any atom is 0.277 e. The molecule has 0 aliphatic rings. The lowest BCUT2D eigenvalue weighted by Crippen LogP contribution is -2.24. The van der Waals surface area contributed by atoms with Gasteiger partial charge in [0.1, 0.15) is 17.2 Å². The standard InChI is InChI=1S/C23H24N2O4/c1-2-3-14-28-18-9-11-19(12-10-18)29-16-23(27)25-24-15-21-20-7-5-4-6-17(20)8-13-22(21)26/h4-13,15,26H,2-3,14,16H2,1H3,(H,25,27)/b24-15-. The van der Waals surface area contributed by atoms with Gasteiger partial charge in [-0.05, 0) is 47.5 Å². The van der Waals surface area contributed by atoms with Crippen LogP contribution in [0.4, 0.5) is 0 Å². The van der Waals surface area contributed by atoms with E-state index in [0.29, 0.717) is 17.9 Å². The Bertz CT molecular complexity index is 984. The van der Waals surface area contributed by atoms with Crippen LogP contribution >= 0.6 is 0 Å².